The molecule has 0 aliphatic carbocycles. The number of urea groups is 1. The number of hydrogen-bond donors (Lipinski definition) is 1. The van der Waals surface area contributed by atoms with Crippen LogP contribution in [0.2, 0.25) is 0 Å². The van der Waals surface area contributed by atoms with E-state index in [2.05, 4.69) is 5.32 Å². The molecule has 3 heterocycles. The molecule has 0 radical (unpaired) electrons. The molecule has 0 aromatic heterocycles. The summed E-state index contributed by atoms with van der Waals surface area (Å²) in [4.78, 5) is 15.8. The van der Waals surface area contributed by atoms with Gasteiger partial charge in [0.2, 0.25) is 0 Å². The van der Waals surface area contributed by atoms with E-state index in [4.69, 9.17) is 4.74 Å². The van der Waals surface area contributed by atoms with Crippen molar-refractivity contribution in [2.75, 3.05) is 32.7 Å². The van der Waals surface area contributed by atoms with Gasteiger partial charge in [-0.1, -0.05) is 0 Å². The highest BCUT2D eigenvalue weighted by atomic mass is 19.3. The molecule has 3 saturated heterocycles. The Labute approximate surface area is 123 Å². The monoisotopic (exact) mass is 303 g/mol. The van der Waals surface area contributed by atoms with Crippen LogP contribution in [0.1, 0.15) is 25.7 Å². The molecule has 120 valence electrons. The lowest BCUT2D eigenvalue weighted by Crippen LogP contribution is -2.49. The standard InChI is InChI=1S/C14H23F2N3O2/c15-13(16)9-18-4-1-5-19(7-6-18)14(20)17-11-8-10-2-3-12(11)21-10/h10-13H,1-9H2,(H,17,20)/t10-,11+,12-/m1/s1. The van der Waals surface area contributed by atoms with Gasteiger partial charge in [-0.2, -0.15) is 0 Å². The fraction of sp³-hybridized carbons (Fsp3) is 0.929. The van der Waals surface area contributed by atoms with E-state index >= 15 is 0 Å². The van der Waals surface area contributed by atoms with Crippen LogP contribution in [0.15, 0.2) is 0 Å². The molecule has 0 saturated carbocycles. The van der Waals surface area contributed by atoms with Gasteiger partial charge in [0.15, 0.2) is 0 Å². The minimum absolute atomic E-state index is 0.0740. The third-order valence-electron chi connectivity index (χ3n) is 4.69. The molecule has 0 aromatic carbocycles. The number of ether oxygens (including phenoxy) is 1. The Hall–Kier alpha value is -0.950. The van der Waals surface area contributed by atoms with Crippen molar-refractivity contribution in [1.82, 2.24) is 15.1 Å². The first-order valence-electron chi connectivity index (χ1n) is 7.83. The van der Waals surface area contributed by atoms with Crippen LogP contribution in [0.25, 0.3) is 0 Å². The largest absolute Gasteiger partial charge is 0.373 e. The zero-order valence-corrected chi connectivity index (χ0v) is 12.1. The fourth-order valence-corrected chi connectivity index (χ4v) is 3.59. The number of rotatable bonds is 3. The van der Waals surface area contributed by atoms with Gasteiger partial charge in [-0.05, 0) is 25.7 Å². The first-order chi connectivity index (χ1) is 10.1. The van der Waals surface area contributed by atoms with Crippen LogP contribution in [0, 0.1) is 0 Å². The van der Waals surface area contributed by atoms with Gasteiger partial charge in [0.25, 0.3) is 6.43 Å². The lowest BCUT2D eigenvalue weighted by molar-refractivity contribution is 0.0898. The van der Waals surface area contributed by atoms with E-state index in [-0.39, 0.29) is 24.7 Å². The van der Waals surface area contributed by atoms with Gasteiger partial charge in [-0.3, -0.25) is 4.90 Å². The lowest BCUT2D eigenvalue weighted by atomic mass is 9.96. The molecule has 0 aromatic rings. The smallest absolute Gasteiger partial charge is 0.317 e. The summed E-state index contributed by atoms with van der Waals surface area (Å²) in [5.74, 6) is 0. The average Bonchev–Trinajstić information content (AvgIpc) is 2.96. The van der Waals surface area contributed by atoms with Gasteiger partial charge < -0.3 is 15.0 Å². The van der Waals surface area contributed by atoms with Gasteiger partial charge in [-0.15, -0.1) is 0 Å². The topological polar surface area (TPSA) is 44.8 Å². The number of fused-ring (bicyclic) bond motifs is 2. The van der Waals surface area contributed by atoms with E-state index in [1.807, 2.05) is 0 Å². The maximum atomic E-state index is 12.4. The van der Waals surface area contributed by atoms with Gasteiger partial charge in [0.1, 0.15) is 0 Å². The van der Waals surface area contributed by atoms with Crippen LogP contribution in [0.5, 0.6) is 0 Å². The van der Waals surface area contributed by atoms with Crippen molar-refractivity contribution in [3.8, 4) is 0 Å². The van der Waals surface area contributed by atoms with Crippen molar-refractivity contribution in [2.45, 2.75) is 50.4 Å². The van der Waals surface area contributed by atoms with Crippen LogP contribution in [-0.2, 0) is 4.74 Å². The SMILES string of the molecule is O=C(N[C@H]1C[C@H]2CC[C@H]1O2)N1CCCN(CC(F)F)CC1. The van der Waals surface area contributed by atoms with Crippen molar-refractivity contribution >= 4 is 6.03 Å². The normalized spacial score (nSPS) is 33.5. The number of hydrogen-bond acceptors (Lipinski definition) is 3. The molecular weight excluding hydrogens is 280 g/mol. The maximum absolute atomic E-state index is 12.4. The summed E-state index contributed by atoms with van der Waals surface area (Å²) < 4.78 is 30.6. The molecule has 3 fully saturated rings. The molecular formula is C14H23F2N3O2. The molecule has 3 atom stereocenters. The van der Waals surface area contributed by atoms with E-state index in [0.717, 1.165) is 25.7 Å². The molecule has 1 N–H and O–H groups in total. The molecule has 2 bridgehead atoms. The van der Waals surface area contributed by atoms with Gasteiger partial charge >= 0.3 is 6.03 Å². The summed E-state index contributed by atoms with van der Waals surface area (Å²) >= 11 is 0. The lowest BCUT2D eigenvalue weighted by Gasteiger charge is -2.26. The third kappa shape index (κ3) is 3.63. The number of alkyl halides is 2. The summed E-state index contributed by atoms with van der Waals surface area (Å²) in [5.41, 5.74) is 0. The summed E-state index contributed by atoms with van der Waals surface area (Å²) in [6.45, 7) is 2.10. The predicted octanol–water partition coefficient (Wildman–Crippen LogP) is 1.29. The second-order valence-electron chi connectivity index (χ2n) is 6.20. The Kier molecular flexibility index (Phi) is 4.59. The Morgan fingerprint density at radius 1 is 1.24 bits per heavy atom. The van der Waals surface area contributed by atoms with Crippen LogP contribution in [0.3, 0.4) is 0 Å². The van der Waals surface area contributed by atoms with Crippen LogP contribution >= 0.6 is 0 Å². The second kappa shape index (κ2) is 6.44. The number of halogens is 2. The minimum Gasteiger partial charge on any atom is -0.373 e. The average molecular weight is 303 g/mol. The molecule has 3 rings (SSSR count). The summed E-state index contributed by atoms with van der Waals surface area (Å²) in [5, 5.41) is 3.06. The first-order valence-corrected chi connectivity index (χ1v) is 7.83. The molecule has 21 heavy (non-hydrogen) atoms. The van der Waals surface area contributed by atoms with Crippen molar-refractivity contribution in [1.29, 1.82) is 0 Å². The first kappa shape index (κ1) is 15.0. The number of carbonyl (C=O) groups is 1. The molecule has 3 aliphatic rings. The van der Waals surface area contributed by atoms with Crippen molar-refractivity contribution in [2.24, 2.45) is 0 Å². The molecule has 0 unspecified atom stereocenters. The quantitative estimate of drug-likeness (QED) is 0.854. The van der Waals surface area contributed by atoms with Crippen molar-refractivity contribution in [3.63, 3.8) is 0 Å². The summed E-state index contributed by atoms with van der Waals surface area (Å²) in [7, 11) is 0. The Morgan fingerprint density at radius 2 is 2.10 bits per heavy atom. The summed E-state index contributed by atoms with van der Waals surface area (Å²) in [6, 6.07) is 0.0479. The zero-order valence-electron chi connectivity index (χ0n) is 12.1. The molecule has 3 aliphatic heterocycles. The molecule has 7 heteroatoms. The minimum atomic E-state index is -2.31. The van der Waals surface area contributed by atoms with Gasteiger partial charge in [0.05, 0.1) is 24.8 Å². The van der Waals surface area contributed by atoms with Crippen LogP contribution < -0.4 is 5.32 Å². The van der Waals surface area contributed by atoms with E-state index in [1.165, 1.54) is 0 Å². The number of nitrogens with one attached hydrogen (secondary N) is 1. The van der Waals surface area contributed by atoms with Crippen molar-refractivity contribution < 1.29 is 18.3 Å². The molecule has 2 amide bonds. The highest BCUT2D eigenvalue weighted by molar-refractivity contribution is 5.74. The van der Waals surface area contributed by atoms with Gasteiger partial charge in [0, 0.05) is 26.2 Å². The summed E-state index contributed by atoms with van der Waals surface area (Å²) in [6.07, 6.45) is 1.94. The Bertz CT molecular complexity index is 383. The van der Waals surface area contributed by atoms with E-state index in [1.54, 1.807) is 9.80 Å². The van der Waals surface area contributed by atoms with E-state index in [0.29, 0.717) is 32.3 Å². The third-order valence-corrected chi connectivity index (χ3v) is 4.69. The van der Waals surface area contributed by atoms with E-state index < -0.39 is 6.43 Å². The zero-order chi connectivity index (χ0) is 14.8. The maximum Gasteiger partial charge on any atom is 0.317 e. The Morgan fingerprint density at radius 3 is 2.76 bits per heavy atom. The van der Waals surface area contributed by atoms with Crippen molar-refractivity contribution in [3.05, 3.63) is 0 Å². The van der Waals surface area contributed by atoms with Crippen LogP contribution in [0.4, 0.5) is 13.6 Å². The van der Waals surface area contributed by atoms with E-state index in [9.17, 15) is 13.6 Å². The highest BCUT2D eigenvalue weighted by Crippen LogP contribution is 2.34. The Balaban J connectivity index is 1.46. The van der Waals surface area contributed by atoms with Crippen LogP contribution in [-0.4, -0.2) is 73.2 Å². The molecule has 5 nitrogen and oxygen atoms in total. The number of amides is 2. The number of nitrogens with zero attached hydrogens (tertiary/aromatic N) is 2. The van der Waals surface area contributed by atoms with Gasteiger partial charge in [-0.25, -0.2) is 13.6 Å². The number of carbonyl (C=O) groups excluding carboxylic acids is 1. The molecule has 0 spiro atoms. The fourth-order valence-electron chi connectivity index (χ4n) is 3.59. The highest BCUT2D eigenvalue weighted by Gasteiger charge is 2.41. The predicted molar refractivity (Wildman–Crippen MR) is 73.5 cm³/mol. The second-order valence-corrected chi connectivity index (χ2v) is 6.20.